The first-order chi connectivity index (χ1) is 13.6. The monoisotopic (exact) mass is 421 g/mol. The molecule has 1 amide bonds. The highest BCUT2D eigenvalue weighted by molar-refractivity contribution is 7.81. The van der Waals surface area contributed by atoms with E-state index in [0.717, 1.165) is 11.1 Å². The van der Waals surface area contributed by atoms with E-state index in [1.165, 1.54) is 23.1 Å². The van der Waals surface area contributed by atoms with Gasteiger partial charge in [-0.15, -0.1) is 0 Å². The number of carbonyl (C=O) groups is 1. The molecule has 1 saturated heterocycles. The van der Waals surface area contributed by atoms with Gasteiger partial charge in [-0.25, -0.2) is 4.98 Å². The highest BCUT2D eigenvalue weighted by Crippen LogP contribution is 2.35. The molecule has 0 spiro atoms. The molecule has 0 aliphatic carbocycles. The summed E-state index contributed by atoms with van der Waals surface area (Å²) in [5, 5.41) is 18.7. The van der Waals surface area contributed by atoms with Crippen molar-refractivity contribution in [2.75, 3.05) is 22.1 Å². The molecule has 11 heteroatoms. The number of hydrogen-bond donors (Lipinski definition) is 2. The Morgan fingerprint density at radius 2 is 2.00 bits per heavy atom. The van der Waals surface area contributed by atoms with Crippen LogP contribution in [0.5, 0.6) is 5.75 Å². The summed E-state index contributed by atoms with van der Waals surface area (Å²) in [6.45, 7) is 0.306. The smallest absolute Gasteiger partial charge is 0.419 e. The van der Waals surface area contributed by atoms with E-state index in [9.17, 15) is 23.1 Å². The lowest BCUT2D eigenvalue weighted by Crippen LogP contribution is -2.44. The number of rotatable bonds is 2. The molecular formula is C18H14F3N5O2S. The number of aromatic nitrogens is 1. The minimum Gasteiger partial charge on any atom is -0.506 e. The van der Waals surface area contributed by atoms with Crippen LogP contribution in [0.4, 0.5) is 30.2 Å². The van der Waals surface area contributed by atoms with Crippen LogP contribution in [-0.2, 0) is 11.0 Å². The quantitative estimate of drug-likeness (QED) is 0.436. The number of carbonyl (C=O) groups excluding carboxylic acids is 1. The van der Waals surface area contributed by atoms with Crippen LogP contribution >= 0.6 is 12.2 Å². The number of aromatic hydroxyl groups is 1. The number of alkyl halides is 3. The number of nitrogens with two attached hydrogens (primary N) is 1. The number of nitrogen functional groups attached to an aromatic ring is 1. The first-order valence-electron chi connectivity index (χ1n) is 8.33. The molecule has 7 nitrogen and oxygen atoms in total. The average molecular weight is 421 g/mol. The van der Waals surface area contributed by atoms with Crippen LogP contribution in [0.1, 0.15) is 24.1 Å². The van der Waals surface area contributed by atoms with Crippen molar-refractivity contribution < 1.29 is 23.1 Å². The van der Waals surface area contributed by atoms with Gasteiger partial charge in [-0.05, 0) is 36.8 Å². The van der Waals surface area contributed by atoms with E-state index in [1.807, 2.05) is 0 Å². The molecular weight excluding hydrogens is 407 g/mol. The first-order valence-corrected chi connectivity index (χ1v) is 8.74. The lowest BCUT2D eigenvalue weighted by molar-refractivity contribution is -0.138. The first kappa shape index (κ1) is 20.3. The third-order valence-electron chi connectivity index (χ3n) is 4.31. The fourth-order valence-corrected chi connectivity index (χ4v) is 3.30. The number of halogens is 3. The zero-order valence-corrected chi connectivity index (χ0v) is 15.6. The molecule has 150 valence electrons. The van der Waals surface area contributed by atoms with E-state index in [4.69, 9.17) is 23.2 Å². The Balaban J connectivity index is 2.07. The second kappa shape index (κ2) is 7.56. The summed E-state index contributed by atoms with van der Waals surface area (Å²) in [6, 6.07) is 6.46. The van der Waals surface area contributed by atoms with Crippen molar-refractivity contribution in [3.05, 3.63) is 41.7 Å². The summed E-state index contributed by atoms with van der Waals surface area (Å²) in [7, 11) is 0. The third-order valence-corrected chi connectivity index (χ3v) is 4.72. The Hall–Kier alpha value is -3.39. The van der Waals surface area contributed by atoms with E-state index < -0.39 is 23.3 Å². The number of nitriles is 1. The summed E-state index contributed by atoms with van der Waals surface area (Å²) >= 11 is 5.39. The van der Waals surface area contributed by atoms with Gasteiger partial charge in [-0.1, -0.05) is 0 Å². The molecule has 1 fully saturated rings. The van der Waals surface area contributed by atoms with Crippen molar-refractivity contribution in [2.45, 2.75) is 19.0 Å². The zero-order chi connectivity index (χ0) is 21.3. The van der Waals surface area contributed by atoms with Crippen LogP contribution in [0.25, 0.3) is 0 Å². The maximum absolute atomic E-state index is 13.3. The van der Waals surface area contributed by atoms with Crippen LogP contribution in [0.3, 0.4) is 0 Å². The summed E-state index contributed by atoms with van der Waals surface area (Å²) in [5.74, 6) is -0.691. The van der Waals surface area contributed by atoms with Crippen molar-refractivity contribution in [1.82, 2.24) is 4.98 Å². The van der Waals surface area contributed by atoms with Gasteiger partial charge in [0.2, 0.25) is 5.91 Å². The second-order valence-electron chi connectivity index (χ2n) is 6.21. The number of anilines is 3. The normalized spacial score (nSPS) is 15.2. The fraction of sp³-hybridized carbons (Fsp3) is 0.222. The molecule has 2 aromatic rings. The molecule has 0 saturated carbocycles. The molecule has 3 rings (SSSR count). The topological polar surface area (TPSA) is 106 Å². The minimum atomic E-state index is -4.83. The lowest BCUT2D eigenvalue weighted by atomic mass is 10.1. The predicted molar refractivity (Wildman–Crippen MR) is 103 cm³/mol. The van der Waals surface area contributed by atoms with Crippen molar-refractivity contribution in [2.24, 2.45) is 0 Å². The number of hydrogen-bond acceptors (Lipinski definition) is 6. The van der Waals surface area contributed by atoms with Crippen LogP contribution in [0, 0.1) is 11.3 Å². The number of thiocarbonyl (C=S) groups is 1. The Morgan fingerprint density at radius 3 is 2.62 bits per heavy atom. The molecule has 29 heavy (non-hydrogen) atoms. The largest absolute Gasteiger partial charge is 0.506 e. The molecule has 1 aliphatic heterocycles. The number of nitrogens with zero attached hydrogens (tertiary/aromatic N) is 4. The van der Waals surface area contributed by atoms with Gasteiger partial charge < -0.3 is 15.7 Å². The van der Waals surface area contributed by atoms with Gasteiger partial charge in [-0.3, -0.25) is 9.69 Å². The average Bonchev–Trinajstić information content (AvgIpc) is 2.81. The van der Waals surface area contributed by atoms with E-state index >= 15 is 0 Å². The lowest BCUT2D eigenvalue weighted by Gasteiger charge is -2.30. The molecule has 0 atom stereocenters. The fourth-order valence-electron chi connectivity index (χ4n) is 2.90. The Morgan fingerprint density at radius 1 is 1.28 bits per heavy atom. The van der Waals surface area contributed by atoms with E-state index in [0.29, 0.717) is 24.7 Å². The number of amides is 1. The standard InChI is InChI=1S/C18H14F3N5O2S/c19-18(20,21)12-6-11(9-24-14(12)8-22)26-16(28)2-1-5-25(17(26)29)10-3-4-13(23)15(27)7-10/h3-4,6-7,9,27H,1-2,5,23H2. The van der Waals surface area contributed by atoms with E-state index in [1.54, 1.807) is 6.07 Å². The van der Waals surface area contributed by atoms with Crippen LogP contribution in [-0.4, -0.2) is 27.7 Å². The number of pyridine rings is 1. The molecule has 1 aliphatic rings. The Bertz CT molecular complexity index is 1040. The Kier molecular flexibility index (Phi) is 5.30. The van der Waals surface area contributed by atoms with Gasteiger partial charge in [0.25, 0.3) is 0 Å². The maximum atomic E-state index is 13.3. The SMILES string of the molecule is N#Cc1ncc(N2C(=O)CCCN(c3ccc(N)c(O)c3)C2=S)cc1C(F)(F)F. The van der Waals surface area contributed by atoms with Gasteiger partial charge in [-0.2, -0.15) is 18.4 Å². The summed E-state index contributed by atoms with van der Waals surface area (Å²) in [5.41, 5.74) is 3.93. The Labute approximate surface area is 168 Å². The van der Waals surface area contributed by atoms with Gasteiger partial charge in [0.15, 0.2) is 10.8 Å². The van der Waals surface area contributed by atoms with E-state index in [-0.39, 0.29) is 28.7 Å². The molecule has 0 radical (unpaired) electrons. The van der Waals surface area contributed by atoms with Crippen molar-refractivity contribution in [3.8, 4) is 11.8 Å². The molecule has 0 bridgehead atoms. The summed E-state index contributed by atoms with van der Waals surface area (Å²) < 4.78 is 39.9. The summed E-state index contributed by atoms with van der Waals surface area (Å²) in [6.07, 6.45) is -3.40. The van der Waals surface area contributed by atoms with Crippen LogP contribution in [0.2, 0.25) is 0 Å². The highest BCUT2D eigenvalue weighted by Gasteiger charge is 2.37. The van der Waals surface area contributed by atoms with E-state index in [2.05, 4.69) is 4.98 Å². The van der Waals surface area contributed by atoms with Crippen molar-refractivity contribution in [3.63, 3.8) is 0 Å². The molecule has 2 heterocycles. The molecule has 0 unspecified atom stereocenters. The van der Waals surface area contributed by atoms with Gasteiger partial charge in [0.1, 0.15) is 11.8 Å². The third kappa shape index (κ3) is 3.93. The molecule has 3 N–H and O–H groups in total. The van der Waals surface area contributed by atoms with Gasteiger partial charge >= 0.3 is 6.18 Å². The second-order valence-corrected chi connectivity index (χ2v) is 6.57. The van der Waals surface area contributed by atoms with Gasteiger partial charge in [0.05, 0.1) is 23.1 Å². The molecule has 1 aromatic heterocycles. The highest BCUT2D eigenvalue weighted by atomic mass is 32.1. The van der Waals surface area contributed by atoms with Crippen molar-refractivity contribution >= 4 is 40.3 Å². The predicted octanol–water partition coefficient (Wildman–Crippen LogP) is 3.18. The number of phenolic OH excluding ortho intramolecular Hbond substituents is 1. The van der Waals surface area contributed by atoms with Gasteiger partial charge in [0, 0.05) is 24.7 Å². The van der Waals surface area contributed by atoms with Crippen LogP contribution in [0.15, 0.2) is 30.5 Å². The number of phenols is 1. The van der Waals surface area contributed by atoms with Crippen molar-refractivity contribution in [1.29, 1.82) is 5.26 Å². The minimum absolute atomic E-state index is 0.0406. The zero-order valence-electron chi connectivity index (χ0n) is 14.8. The number of benzene rings is 1. The van der Waals surface area contributed by atoms with Crippen LogP contribution < -0.4 is 15.5 Å². The maximum Gasteiger partial charge on any atom is 0.419 e. The molecule has 1 aromatic carbocycles. The summed E-state index contributed by atoms with van der Waals surface area (Å²) in [4.78, 5) is 18.6.